The second-order valence-electron chi connectivity index (χ2n) is 4.54. The van der Waals surface area contributed by atoms with Gasteiger partial charge in [-0.05, 0) is 39.3 Å². The lowest BCUT2D eigenvalue weighted by Gasteiger charge is -2.22. The van der Waals surface area contributed by atoms with E-state index in [4.69, 9.17) is 0 Å². The minimum Gasteiger partial charge on any atom is -0.352 e. The Morgan fingerprint density at radius 3 is 2.73 bits per heavy atom. The Labute approximate surface area is 93.2 Å². The number of nitrogens with zero attached hydrogens (tertiary/aromatic N) is 1. The van der Waals surface area contributed by atoms with E-state index in [1.165, 1.54) is 0 Å². The molecule has 0 saturated carbocycles. The highest BCUT2D eigenvalue weighted by Gasteiger charge is 2.28. The van der Waals surface area contributed by atoms with Gasteiger partial charge in [-0.2, -0.15) is 0 Å². The molecule has 88 valence electrons. The molecule has 15 heavy (non-hydrogen) atoms. The van der Waals surface area contributed by atoms with Crippen LogP contribution in [0.15, 0.2) is 0 Å². The monoisotopic (exact) mass is 212 g/mol. The molecule has 0 aromatic rings. The Hall–Kier alpha value is -0.570. The lowest BCUT2D eigenvalue weighted by atomic mass is 10.1. The van der Waals surface area contributed by atoms with E-state index in [1.54, 1.807) is 0 Å². The number of carbonyl (C=O) groups is 1. The summed E-state index contributed by atoms with van der Waals surface area (Å²) in [6, 6.07) is 0.493. The van der Waals surface area contributed by atoms with E-state index in [9.17, 15) is 4.79 Å². The summed E-state index contributed by atoms with van der Waals surface area (Å²) in [6.07, 6.45) is 5.44. The molecule has 1 rings (SSSR count). The van der Waals surface area contributed by atoms with Gasteiger partial charge in [0.1, 0.15) is 0 Å². The van der Waals surface area contributed by atoms with Crippen LogP contribution in [0.2, 0.25) is 0 Å². The summed E-state index contributed by atoms with van der Waals surface area (Å²) in [5.41, 5.74) is 0. The highest BCUT2D eigenvalue weighted by Crippen LogP contribution is 2.15. The van der Waals surface area contributed by atoms with Crippen LogP contribution in [0.25, 0.3) is 0 Å². The number of likely N-dealkylation sites (N-methyl/N-ethyl adjacent to an activating group) is 1. The highest BCUT2D eigenvalue weighted by molar-refractivity contribution is 5.82. The molecule has 0 unspecified atom stereocenters. The van der Waals surface area contributed by atoms with Gasteiger partial charge in [0.25, 0.3) is 0 Å². The first-order chi connectivity index (χ1) is 7.19. The van der Waals surface area contributed by atoms with Crippen molar-refractivity contribution in [3.8, 4) is 0 Å². The largest absolute Gasteiger partial charge is 0.352 e. The summed E-state index contributed by atoms with van der Waals surface area (Å²) in [7, 11) is 2.04. The van der Waals surface area contributed by atoms with E-state index in [0.29, 0.717) is 6.04 Å². The SMILES string of the molecule is CCC[C@H](CC)NC(=O)[C@@H]1CCCN1C. The Balaban J connectivity index is 2.39. The summed E-state index contributed by atoms with van der Waals surface area (Å²) in [5.74, 6) is 0.232. The third-order valence-corrected chi connectivity index (χ3v) is 3.30. The van der Waals surface area contributed by atoms with Crippen molar-refractivity contribution in [3.05, 3.63) is 0 Å². The molecule has 0 aromatic carbocycles. The van der Waals surface area contributed by atoms with Gasteiger partial charge in [0.05, 0.1) is 6.04 Å². The van der Waals surface area contributed by atoms with Crippen LogP contribution in [0.4, 0.5) is 0 Å². The molecular weight excluding hydrogens is 188 g/mol. The Bertz CT molecular complexity index is 206. The first-order valence-corrected chi connectivity index (χ1v) is 6.19. The lowest BCUT2D eigenvalue weighted by molar-refractivity contribution is -0.125. The molecule has 3 nitrogen and oxygen atoms in total. The minimum absolute atomic E-state index is 0.121. The van der Waals surface area contributed by atoms with Gasteiger partial charge < -0.3 is 5.32 Å². The molecule has 2 atom stereocenters. The Kier molecular flexibility index (Phi) is 5.09. The molecule has 0 radical (unpaired) electrons. The van der Waals surface area contributed by atoms with E-state index >= 15 is 0 Å². The number of amides is 1. The van der Waals surface area contributed by atoms with Gasteiger partial charge in [0.2, 0.25) is 5.91 Å². The van der Waals surface area contributed by atoms with Crippen molar-refractivity contribution in [3.63, 3.8) is 0 Å². The average molecular weight is 212 g/mol. The third-order valence-electron chi connectivity index (χ3n) is 3.30. The fourth-order valence-corrected chi connectivity index (χ4v) is 2.27. The van der Waals surface area contributed by atoms with Crippen LogP contribution < -0.4 is 5.32 Å². The van der Waals surface area contributed by atoms with E-state index in [0.717, 1.165) is 38.6 Å². The van der Waals surface area contributed by atoms with Crippen molar-refractivity contribution in [2.45, 2.75) is 58.0 Å². The van der Waals surface area contributed by atoms with Crippen LogP contribution in [-0.2, 0) is 4.79 Å². The van der Waals surface area contributed by atoms with Crippen LogP contribution in [-0.4, -0.2) is 36.5 Å². The maximum Gasteiger partial charge on any atom is 0.237 e. The Morgan fingerprint density at radius 1 is 1.53 bits per heavy atom. The van der Waals surface area contributed by atoms with Crippen LogP contribution >= 0.6 is 0 Å². The minimum atomic E-state index is 0.121. The smallest absolute Gasteiger partial charge is 0.237 e. The fraction of sp³-hybridized carbons (Fsp3) is 0.917. The highest BCUT2D eigenvalue weighted by atomic mass is 16.2. The second-order valence-corrected chi connectivity index (χ2v) is 4.54. The maximum absolute atomic E-state index is 11.9. The van der Waals surface area contributed by atoms with Crippen molar-refractivity contribution in [1.82, 2.24) is 10.2 Å². The lowest BCUT2D eigenvalue weighted by Crippen LogP contribution is -2.45. The molecule has 1 heterocycles. The van der Waals surface area contributed by atoms with E-state index < -0.39 is 0 Å². The molecule has 1 saturated heterocycles. The predicted octanol–water partition coefficient (Wildman–Crippen LogP) is 1.78. The first kappa shape index (κ1) is 12.5. The molecule has 1 aliphatic heterocycles. The van der Waals surface area contributed by atoms with E-state index in [1.807, 2.05) is 7.05 Å². The zero-order valence-electron chi connectivity index (χ0n) is 10.3. The van der Waals surface area contributed by atoms with Gasteiger partial charge >= 0.3 is 0 Å². The number of rotatable bonds is 5. The number of hydrogen-bond acceptors (Lipinski definition) is 2. The molecule has 3 heteroatoms. The van der Waals surface area contributed by atoms with Gasteiger partial charge in [-0.3, -0.25) is 9.69 Å². The normalized spacial score (nSPS) is 24.1. The van der Waals surface area contributed by atoms with Gasteiger partial charge in [-0.25, -0.2) is 0 Å². The van der Waals surface area contributed by atoms with Gasteiger partial charge in [0, 0.05) is 6.04 Å². The Morgan fingerprint density at radius 2 is 2.27 bits per heavy atom. The third kappa shape index (κ3) is 3.49. The number of likely N-dealkylation sites (tertiary alicyclic amines) is 1. The van der Waals surface area contributed by atoms with Crippen molar-refractivity contribution >= 4 is 5.91 Å². The van der Waals surface area contributed by atoms with Crippen LogP contribution in [0, 0.1) is 0 Å². The van der Waals surface area contributed by atoms with Gasteiger partial charge in [0.15, 0.2) is 0 Å². The molecule has 1 aliphatic rings. The average Bonchev–Trinajstić information content (AvgIpc) is 2.63. The zero-order valence-corrected chi connectivity index (χ0v) is 10.3. The van der Waals surface area contributed by atoms with Gasteiger partial charge in [-0.1, -0.05) is 20.3 Å². The van der Waals surface area contributed by atoms with Crippen LogP contribution in [0.5, 0.6) is 0 Å². The van der Waals surface area contributed by atoms with Crippen LogP contribution in [0.3, 0.4) is 0 Å². The zero-order chi connectivity index (χ0) is 11.3. The number of nitrogens with one attached hydrogen (secondary N) is 1. The molecule has 1 fully saturated rings. The second kappa shape index (κ2) is 6.11. The maximum atomic E-state index is 11.9. The standard InChI is InChI=1S/C12H24N2O/c1-4-7-10(5-2)13-12(15)11-8-6-9-14(11)3/h10-11H,4-9H2,1-3H3,(H,13,15)/t10-,11-/m0/s1. The van der Waals surface area contributed by atoms with E-state index in [-0.39, 0.29) is 11.9 Å². The predicted molar refractivity (Wildman–Crippen MR) is 62.8 cm³/mol. The molecule has 0 bridgehead atoms. The summed E-state index contributed by atoms with van der Waals surface area (Å²) < 4.78 is 0. The molecule has 0 aromatic heterocycles. The van der Waals surface area contributed by atoms with Crippen molar-refractivity contribution < 1.29 is 4.79 Å². The topological polar surface area (TPSA) is 32.3 Å². The van der Waals surface area contributed by atoms with Crippen molar-refractivity contribution in [1.29, 1.82) is 0 Å². The summed E-state index contributed by atoms with van der Waals surface area (Å²) >= 11 is 0. The van der Waals surface area contributed by atoms with Crippen LogP contribution in [0.1, 0.15) is 46.0 Å². The van der Waals surface area contributed by atoms with Gasteiger partial charge in [-0.15, -0.1) is 0 Å². The molecule has 1 N–H and O–H groups in total. The fourth-order valence-electron chi connectivity index (χ4n) is 2.27. The van der Waals surface area contributed by atoms with E-state index in [2.05, 4.69) is 24.1 Å². The molecular formula is C12H24N2O. The molecule has 1 amide bonds. The molecule has 0 spiro atoms. The molecule has 0 aliphatic carbocycles. The first-order valence-electron chi connectivity index (χ1n) is 6.19. The van der Waals surface area contributed by atoms with Crippen molar-refractivity contribution in [2.75, 3.05) is 13.6 Å². The quantitative estimate of drug-likeness (QED) is 0.753. The summed E-state index contributed by atoms with van der Waals surface area (Å²) in [6.45, 7) is 5.36. The number of hydrogen-bond donors (Lipinski definition) is 1. The van der Waals surface area contributed by atoms with Crippen molar-refractivity contribution in [2.24, 2.45) is 0 Å². The summed E-state index contributed by atoms with van der Waals surface area (Å²) in [4.78, 5) is 14.1. The number of carbonyl (C=O) groups excluding carboxylic acids is 1. The summed E-state index contributed by atoms with van der Waals surface area (Å²) in [5, 5.41) is 3.16.